The highest BCUT2D eigenvalue weighted by molar-refractivity contribution is 5.59. The van der Waals surface area contributed by atoms with Crippen molar-refractivity contribution in [3.05, 3.63) is 58.9 Å². The summed E-state index contributed by atoms with van der Waals surface area (Å²) in [5.74, 6) is 0. The summed E-state index contributed by atoms with van der Waals surface area (Å²) in [5.41, 5.74) is 12.1. The van der Waals surface area contributed by atoms with E-state index < -0.39 is 0 Å². The number of aryl methyl sites for hydroxylation is 1. The summed E-state index contributed by atoms with van der Waals surface area (Å²) in [7, 11) is 0. The fourth-order valence-corrected chi connectivity index (χ4v) is 2.82. The number of hydrogen-bond acceptors (Lipinski definition) is 3. The van der Waals surface area contributed by atoms with Crippen LogP contribution in [0.1, 0.15) is 35.5 Å². The molecular weight excluding hydrogens is 246 g/mol. The van der Waals surface area contributed by atoms with E-state index in [1.165, 1.54) is 16.8 Å². The van der Waals surface area contributed by atoms with E-state index in [4.69, 9.17) is 5.73 Å². The number of hydrogen-bond donors (Lipinski definition) is 1. The van der Waals surface area contributed by atoms with Gasteiger partial charge in [-0.3, -0.25) is 4.98 Å². The van der Waals surface area contributed by atoms with Crippen molar-refractivity contribution >= 4 is 5.69 Å². The van der Waals surface area contributed by atoms with Gasteiger partial charge in [-0.2, -0.15) is 0 Å². The zero-order chi connectivity index (χ0) is 14.1. The maximum Gasteiger partial charge on any atom is 0.0602 e. The number of anilines is 1. The molecule has 0 bridgehead atoms. The molecule has 1 aromatic carbocycles. The summed E-state index contributed by atoms with van der Waals surface area (Å²) >= 11 is 0. The molecule has 1 atom stereocenters. The van der Waals surface area contributed by atoms with Crippen LogP contribution in [0.3, 0.4) is 0 Å². The molecule has 0 spiro atoms. The second kappa shape index (κ2) is 5.25. The van der Waals surface area contributed by atoms with Gasteiger partial charge in [0.25, 0.3) is 0 Å². The van der Waals surface area contributed by atoms with Crippen molar-refractivity contribution in [2.45, 2.75) is 32.9 Å². The van der Waals surface area contributed by atoms with Crippen molar-refractivity contribution in [3.63, 3.8) is 0 Å². The summed E-state index contributed by atoms with van der Waals surface area (Å²) in [6, 6.07) is 12.9. The lowest BCUT2D eigenvalue weighted by molar-refractivity contribution is 0.810. The Hall–Kier alpha value is -1.87. The molecular formula is C17H21N3. The summed E-state index contributed by atoms with van der Waals surface area (Å²) in [4.78, 5) is 7.00. The fourth-order valence-electron chi connectivity index (χ4n) is 2.82. The highest BCUT2D eigenvalue weighted by atomic mass is 15.2. The summed E-state index contributed by atoms with van der Waals surface area (Å²) in [5, 5.41) is 0. The van der Waals surface area contributed by atoms with E-state index in [-0.39, 0.29) is 6.04 Å². The summed E-state index contributed by atoms with van der Waals surface area (Å²) in [6.07, 6.45) is 1.10. The second-order valence-electron chi connectivity index (χ2n) is 5.62. The number of nitrogens with zero attached hydrogens (tertiary/aromatic N) is 2. The minimum absolute atomic E-state index is 0.104. The quantitative estimate of drug-likeness (QED) is 0.929. The number of nitrogens with two attached hydrogens (primary N) is 1. The van der Waals surface area contributed by atoms with Crippen LogP contribution >= 0.6 is 0 Å². The van der Waals surface area contributed by atoms with Crippen molar-refractivity contribution in [2.24, 2.45) is 5.73 Å². The molecule has 3 rings (SSSR count). The van der Waals surface area contributed by atoms with Crippen LogP contribution < -0.4 is 10.6 Å². The Morgan fingerprint density at radius 2 is 2.15 bits per heavy atom. The Morgan fingerprint density at radius 1 is 1.30 bits per heavy atom. The number of rotatable bonds is 3. The molecule has 0 fully saturated rings. The first-order chi connectivity index (χ1) is 9.63. The van der Waals surface area contributed by atoms with Gasteiger partial charge in [-0.05, 0) is 49.6 Å². The summed E-state index contributed by atoms with van der Waals surface area (Å²) in [6.45, 7) is 6.01. The van der Waals surface area contributed by atoms with Gasteiger partial charge in [0.1, 0.15) is 0 Å². The van der Waals surface area contributed by atoms with Gasteiger partial charge < -0.3 is 10.6 Å². The molecule has 3 heteroatoms. The third-order valence-electron chi connectivity index (χ3n) is 3.92. The number of aromatic nitrogens is 1. The van der Waals surface area contributed by atoms with Crippen LogP contribution in [-0.4, -0.2) is 11.5 Å². The van der Waals surface area contributed by atoms with Crippen molar-refractivity contribution in [1.82, 2.24) is 4.98 Å². The van der Waals surface area contributed by atoms with E-state index in [2.05, 4.69) is 40.2 Å². The van der Waals surface area contributed by atoms with Gasteiger partial charge in [-0.15, -0.1) is 0 Å². The second-order valence-corrected chi connectivity index (χ2v) is 5.62. The van der Waals surface area contributed by atoms with Crippen LogP contribution in [0.25, 0.3) is 0 Å². The molecule has 1 aliphatic rings. The van der Waals surface area contributed by atoms with E-state index in [0.29, 0.717) is 0 Å². The van der Waals surface area contributed by atoms with Gasteiger partial charge >= 0.3 is 0 Å². The molecule has 3 nitrogen and oxygen atoms in total. The Morgan fingerprint density at radius 3 is 2.90 bits per heavy atom. The highest BCUT2D eigenvalue weighted by Crippen LogP contribution is 2.31. The Labute approximate surface area is 120 Å². The van der Waals surface area contributed by atoms with E-state index >= 15 is 0 Å². The van der Waals surface area contributed by atoms with Crippen LogP contribution in [0.4, 0.5) is 5.69 Å². The first-order valence-corrected chi connectivity index (χ1v) is 7.19. The first-order valence-electron chi connectivity index (χ1n) is 7.19. The van der Waals surface area contributed by atoms with Crippen LogP contribution in [-0.2, 0) is 13.0 Å². The minimum atomic E-state index is 0.104. The lowest BCUT2D eigenvalue weighted by Gasteiger charge is -2.19. The summed E-state index contributed by atoms with van der Waals surface area (Å²) < 4.78 is 0. The Bertz CT molecular complexity index is 619. The molecule has 104 valence electrons. The average molecular weight is 267 g/mol. The molecule has 2 aromatic rings. The molecule has 1 unspecified atom stereocenters. The van der Waals surface area contributed by atoms with Gasteiger partial charge in [0.05, 0.1) is 12.2 Å². The predicted octanol–water partition coefficient (Wildman–Crippen LogP) is 2.97. The average Bonchev–Trinajstić information content (AvgIpc) is 2.81. The van der Waals surface area contributed by atoms with Crippen LogP contribution in [0.2, 0.25) is 0 Å². The zero-order valence-electron chi connectivity index (χ0n) is 12.1. The van der Waals surface area contributed by atoms with Crippen LogP contribution in [0.15, 0.2) is 36.4 Å². The van der Waals surface area contributed by atoms with Crippen molar-refractivity contribution in [1.29, 1.82) is 0 Å². The smallest absolute Gasteiger partial charge is 0.0602 e. The van der Waals surface area contributed by atoms with Crippen molar-refractivity contribution in [2.75, 3.05) is 11.4 Å². The molecule has 0 radical (unpaired) electrons. The molecule has 0 saturated carbocycles. The van der Waals surface area contributed by atoms with E-state index in [1.54, 1.807) is 0 Å². The lowest BCUT2D eigenvalue weighted by Crippen LogP contribution is -2.20. The number of benzene rings is 1. The van der Waals surface area contributed by atoms with E-state index in [1.807, 2.05) is 19.9 Å². The largest absolute Gasteiger partial charge is 0.365 e. The zero-order valence-corrected chi connectivity index (χ0v) is 12.1. The fraction of sp³-hybridized carbons (Fsp3) is 0.353. The van der Waals surface area contributed by atoms with Crippen molar-refractivity contribution in [3.8, 4) is 0 Å². The predicted molar refractivity (Wildman–Crippen MR) is 82.8 cm³/mol. The molecule has 2 N–H and O–H groups in total. The topological polar surface area (TPSA) is 42.1 Å². The van der Waals surface area contributed by atoms with Gasteiger partial charge in [0, 0.05) is 24.0 Å². The normalized spacial score (nSPS) is 15.2. The van der Waals surface area contributed by atoms with E-state index in [0.717, 1.165) is 30.9 Å². The molecule has 1 aliphatic heterocycles. The molecule has 0 saturated heterocycles. The van der Waals surface area contributed by atoms with Gasteiger partial charge in [0.2, 0.25) is 0 Å². The number of fused-ring (bicyclic) bond motifs is 1. The van der Waals surface area contributed by atoms with Gasteiger partial charge in [0.15, 0.2) is 0 Å². The van der Waals surface area contributed by atoms with Crippen LogP contribution in [0, 0.1) is 6.92 Å². The molecule has 2 heterocycles. The van der Waals surface area contributed by atoms with Crippen molar-refractivity contribution < 1.29 is 0 Å². The Balaban J connectivity index is 1.83. The third-order valence-corrected chi connectivity index (χ3v) is 3.92. The standard InChI is InChI=1S/C17H21N3/c1-12-4-3-5-16(19-12)11-20-9-8-15-10-14(13(2)18)6-7-17(15)20/h3-7,10,13H,8-9,11,18H2,1-2H3. The molecule has 20 heavy (non-hydrogen) atoms. The number of pyridine rings is 1. The minimum Gasteiger partial charge on any atom is -0.365 e. The van der Waals surface area contributed by atoms with E-state index in [9.17, 15) is 0 Å². The molecule has 0 aliphatic carbocycles. The highest BCUT2D eigenvalue weighted by Gasteiger charge is 2.20. The van der Waals surface area contributed by atoms with Gasteiger partial charge in [-0.25, -0.2) is 0 Å². The maximum atomic E-state index is 5.96. The van der Waals surface area contributed by atoms with Gasteiger partial charge in [-0.1, -0.05) is 18.2 Å². The monoisotopic (exact) mass is 267 g/mol. The SMILES string of the molecule is Cc1cccc(CN2CCc3cc(C(C)N)ccc32)n1. The Kier molecular flexibility index (Phi) is 3.45. The lowest BCUT2D eigenvalue weighted by atomic mass is 10.0. The third kappa shape index (κ3) is 2.54. The van der Waals surface area contributed by atoms with Crippen LogP contribution in [0.5, 0.6) is 0 Å². The molecule has 0 amide bonds. The first kappa shape index (κ1) is 13.1. The maximum absolute atomic E-state index is 5.96. The molecule has 1 aromatic heterocycles.